The molecule has 1 N–H and O–H groups in total. The molecule has 1 aliphatic rings. The first kappa shape index (κ1) is 30.9. The van der Waals surface area contributed by atoms with Gasteiger partial charge in [0.25, 0.3) is 0 Å². The van der Waals surface area contributed by atoms with Crippen molar-refractivity contribution in [1.29, 1.82) is 5.26 Å². The first-order chi connectivity index (χ1) is 18.7. The number of carboxylic acid groups (broad SMARTS) is 1. The second-order valence-electron chi connectivity index (χ2n) is 10.9. The minimum absolute atomic E-state index is 0.0506. The van der Waals surface area contributed by atoms with Gasteiger partial charge in [0, 0.05) is 19.2 Å². The van der Waals surface area contributed by atoms with Crippen LogP contribution in [0.5, 0.6) is 11.6 Å². The second kappa shape index (κ2) is 12.3. The quantitative estimate of drug-likeness (QED) is 0.368. The van der Waals surface area contributed by atoms with E-state index < -0.39 is 35.0 Å². The summed E-state index contributed by atoms with van der Waals surface area (Å²) in [6.07, 6.45) is -0.580. The lowest BCUT2D eigenvalue weighted by Gasteiger charge is -2.35. The second-order valence-corrected chi connectivity index (χ2v) is 10.9. The molecule has 0 radical (unpaired) electrons. The number of aromatic nitrogens is 1. The van der Waals surface area contributed by atoms with Crippen LogP contribution in [0, 0.1) is 23.2 Å². The van der Waals surface area contributed by atoms with Gasteiger partial charge < -0.3 is 19.5 Å². The van der Waals surface area contributed by atoms with E-state index in [1.165, 1.54) is 38.0 Å². The summed E-state index contributed by atoms with van der Waals surface area (Å²) in [6, 6.07) is 5.98. The molecule has 0 saturated heterocycles. The van der Waals surface area contributed by atoms with Crippen molar-refractivity contribution in [1.82, 2.24) is 4.98 Å². The van der Waals surface area contributed by atoms with Crippen molar-refractivity contribution in [3.63, 3.8) is 0 Å². The van der Waals surface area contributed by atoms with Crippen LogP contribution < -0.4 is 9.64 Å². The molecule has 1 aromatic carbocycles. The van der Waals surface area contributed by atoms with E-state index in [0.717, 1.165) is 31.2 Å². The fraction of sp³-hybridized carbons (Fsp3) is 0.517. The highest BCUT2D eigenvalue weighted by Gasteiger charge is 2.38. The molecule has 1 atom stereocenters. The number of halogens is 3. The number of carbonyl (C=O) groups is 2. The van der Waals surface area contributed by atoms with E-state index in [0.29, 0.717) is 18.8 Å². The highest BCUT2D eigenvalue weighted by atomic mass is 19.4. The van der Waals surface area contributed by atoms with Gasteiger partial charge in [0.2, 0.25) is 11.8 Å². The Morgan fingerprint density at radius 3 is 2.40 bits per heavy atom. The largest absolute Gasteiger partial charge is 0.478 e. The molecule has 1 aromatic heterocycles. The molecule has 0 unspecified atom stereocenters. The predicted octanol–water partition coefficient (Wildman–Crippen LogP) is 6.59. The van der Waals surface area contributed by atoms with Gasteiger partial charge in [0.1, 0.15) is 11.3 Å². The topological polar surface area (TPSA) is 113 Å². The summed E-state index contributed by atoms with van der Waals surface area (Å²) < 4.78 is 52.4. The number of benzene rings is 1. The van der Waals surface area contributed by atoms with Crippen LogP contribution in [0.4, 0.5) is 18.9 Å². The number of hydrogen-bond acceptors (Lipinski definition) is 6. The van der Waals surface area contributed by atoms with Gasteiger partial charge in [-0.1, -0.05) is 6.92 Å². The summed E-state index contributed by atoms with van der Waals surface area (Å²) in [4.78, 5) is 31.2. The van der Waals surface area contributed by atoms with Crippen LogP contribution in [0.1, 0.15) is 74.9 Å². The minimum Gasteiger partial charge on any atom is -0.478 e. The lowest BCUT2D eigenvalue weighted by Crippen LogP contribution is -2.46. The third kappa shape index (κ3) is 6.91. The van der Waals surface area contributed by atoms with E-state index in [9.17, 15) is 33.1 Å². The smallest absolute Gasteiger partial charge is 0.421 e. The number of methoxy groups -OCH3 is 1. The molecule has 1 aliphatic carbocycles. The zero-order valence-corrected chi connectivity index (χ0v) is 23.2. The molecule has 0 bridgehead atoms. The molecule has 1 heterocycles. The molecule has 40 heavy (non-hydrogen) atoms. The molecule has 3 rings (SSSR count). The molecular formula is C29H34F3N3O5. The molecule has 0 aliphatic heterocycles. The Hall–Kier alpha value is -3.65. The van der Waals surface area contributed by atoms with Gasteiger partial charge in [-0.25, -0.2) is 9.78 Å². The van der Waals surface area contributed by atoms with E-state index in [2.05, 4.69) is 11.9 Å². The maximum absolute atomic E-state index is 13.9. The summed E-state index contributed by atoms with van der Waals surface area (Å²) in [5.74, 6) is -2.35. The fourth-order valence-corrected chi connectivity index (χ4v) is 4.81. The first-order valence-corrected chi connectivity index (χ1v) is 13.1. The number of amides is 1. The molecule has 1 amide bonds. The number of nitrogens with zero attached hydrogens (tertiary/aromatic N) is 3. The number of carbonyl (C=O) groups excluding carboxylic acids is 1. The van der Waals surface area contributed by atoms with Crippen LogP contribution in [-0.4, -0.2) is 41.7 Å². The number of anilines is 1. The number of rotatable bonds is 9. The van der Waals surface area contributed by atoms with E-state index in [-0.39, 0.29) is 41.0 Å². The summed E-state index contributed by atoms with van der Waals surface area (Å²) in [7, 11) is 1.48. The molecule has 1 fully saturated rings. The molecule has 11 heteroatoms. The van der Waals surface area contributed by atoms with Crippen molar-refractivity contribution in [2.75, 3.05) is 18.6 Å². The van der Waals surface area contributed by atoms with Crippen LogP contribution in [-0.2, 0) is 21.1 Å². The first-order valence-electron chi connectivity index (χ1n) is 13.1. The molecule has 8 nitrogen and oxygen atoms in total. The lowest BCUT2D eigenvalue weighted by atomic mass is 9.82. The van der Waals surface area contributed by atoms with Gasteiger partial charge in [-0.05, 0) is 82.2 Å². The number of nitriles is 1. The average Bonchev–Trinajstić information content (AvgIpc) is 2.89. The highest BCUT2D eigenvalue weighted by Crippen LogP contribution is 2.40. The van der Waals surface area contributed by atoms with Gasteiger partial charge in [-0.15, -0.1) is 0 Å². The summed E-state index contributed by atoms with van der Waals surface area (Å²) >= 11 is 0. The number of aromatic carboxylic acids is 1. The van der Waals surface area contributed by atoms with Crippen molar-refractivity contribution in [2.24, 2.45) is 11.8 Å². The number of alkyl halides is 3. The maximum atomic E-state index is 13.9. The summed E-state index contributed by atoms with van der Waals surface area (Å²) in [6.45, 7) is 6.95. The molecular weight excluding hydrogens is 527 g/mol. The standard InChI is InChI=1S/C29H34F3N3O5/c1-17-6-8-19(9-7-17)26(36)35(18(2)15-39-5)24-11-10-21(13-22(24)27(37)38)40-25-23(29(30,31)32)12-20(14-34-25)28(3,4)16-33/h10-14,17-19H,6-9,15H2,1-5H3,(H,37,38)/t17?,18-,19?/m0/s1. The van der Waals surface area contributed by atoms with Gasteiger partial charge in [0.15, 0.2) is 0 Å². The third-order valence-electron chi connectivity index (χ3n) is 7.28. The van der Waals surface area contributed by atoms with Crippen molar-refractivity contribution in [3.8, 4) is 17.7 Å². The lowest BCUT2D eigenvalue weighted by molar-refractivity contribution is -0.139. The maximum Gasteiger partial charge on any atom is 0.421 e. The van der Waals surface area contributed by atoms with Crippen molar-refractivity contribution >= 4 is 17.6 Å². The average molecular weight is 562 g/mol. The Kier molecular flexibility index (Phi) is 9.46. The third-order valence-corrected chi connectivity index (χ3v) is 7.28. The van der Waals surface area contributed by atoms with Crippen molar-refractivity contribution in [2.45, 2.75) is 71.0 Å². The summed E-state index contributed by atoms with van der Waals surface area (Å²) in [5, 5.41) is 19.4. The van der Waals surface area contributed by atoms with Gasteiger partial charge in [-0.3, -0.25) is 4.79 Å². The Morgan fingerprint density at radius 2 is 1.85 bits per heavy atom. The Bertz CT molecular complexity index is 1280. The molecule has 216 valence electrons. The van der Waals surface area contributed by atoms with Gasteiger partial charge in [0.05, 0.1) is 35.4 Å². The molecule has 0 spiro atoms. The highest BCUT2D eigenvalue weighted by molar-refractivity contribution is 6.03. The molecule has 1 saturated carbocycles. The van der Waals surface area contributed by atoms with Crippen molar-refractivity contribution in [3.05, 3.63) is 47.2 Å². The zero-order valence-electron chi connectivity index (χ0n) is 23.2. The van der Waals surface area contributed by atoms with Crippen molar-refractivity contribution < 1.29 is 37.3 Å². The van der Waals surface area contributed by atoms with Crippen LogP contribution in [0.15, 0.2) is 30.5 Å². The van der Waals surface area contributed by atoms with Crippen LogP contribution >= 0.6 is 0 Å². The van der Waals surface area contributed by atoms with E-state index in [1.54, 1.807) is 6.92 Å². The van der Waals surface area contributed by atoms with Crippen LogP contribution in [0.3, 0.4) is 0 Å². The van der Waals surface area contributed by atoms with Crippen LogP contribution in [0.25, 0.3) is 0 Å². The molecule has 2 aromatic rings. The van der Waals surface area contributed by atoms with E-state index in [1.807, 2.05) is 6.07 Å². The number of pyridine rings is 1. The van der Waals surface area contributed by atoms with Gasteiger partial charge >= 0.3 is 12.1 Å². The van der Waals surface area contributed by atoms with Crippen LogP contribution in [0.2, 0.25) is 0 Å². The zero-order chi connectivity index (χ0) is 29.8. The Balaban J connectivity index is 2.04. The predicted molar refractivity (Wildman–Crippen MR) is 141 cm³/mol. The fourth-order valence-electron chi connectivity index (χ4n) is 4.81. The van der Waals surface area contributed by atoms with E-state index >= 15 is 0 Å². The number of hydrogen-bond donors (Lipinski definition) is 1. The normalized spacial score (nSPS) is 18.5. The number of carboxylic acids is 1. The minimum atomic E-state index is -4.85. The number of ether oxygens (including phenoxy) is 2. The summed E-state index contributed by atoms with van der Waals surface area (Å²) in [5.41, 5.74) is -2.59. The Morgan fingerprint density at radius 1 is 1.20 bits per heavy atom. The SMILES string of the molecule is COC[C@H](C)N(C(=O)C1CCC(C)CC1)c1ccc(Oc2ncc(C(C)(C)C#N)cc2C(F)(F)F)cc1C(=O)O. The van der Waals surface area contributed by atoms with E-state index in [4.69, 9.17) is 9.47 Å². The Labute approximate surface area is 231 Å². The monoisotopic (exact) mass is 561 g/mol. The van der Waals surface area contributed by atoms with Gasteiger partial charge in [-0.2, -0.15) is 18.4 Å².